The topological polar surface area (TPSA) is 51.6 Å². The van der Waals surface area contributed by atoms with Crippen molar-refractivity contribution in [3.63, 3.8) is 0 Å². The molecule has 0 aliphatic rings. The van der Waals surface area contributed by atoms with Crippen LogP contribution in [0.4, 0.5) is 0 Å². The van der Waals surface area contributed by atoms with Crippen LogP contribution >= 0.6 is 45.3 Å². The number of hydrogen-bond donors (Lipinski definition) is 0. The van der Waals surface area contributed by atoms with E-state index in [1.807, 2.05) is 22.7 Å². The Morgan fingerprint density at radius 2 is 1.00 bits per heavy atom. The van der Waals surface area contributed by atoms with E-state index in [4.69, 9.17) is 0 Å². The van der Waals surface area contributed by atoms with Crippen LogP contribution in [0, 0.1) is 0 Å². The molecule has 4 nitrogen and oxygen atoms in total. The Bertz CT molecular complexity index is 1890. The van der Waals surface area contributed by atoms with Crippen molar-refractivity contribution in [1.29, 1.82) is 0 Å². The third-order valence-corrected chi connectivity index (χ3v) is 10.3. The highest BCUT2D eigenvalue weighted by Crippen LogP contribution is 2.45. The van der Waals surface area contributed by atoms with Crippen LogP contribution in [-0.4, -0.2) is 19.9 Å². The smallest absolute Gasteiger partial charge is 0.142 e. The van der Waals surface area contributed by atoms with Gasteiger partial charge in [0.05, 0.1) is 0 Å². The van der Waals surface area contributed by atoms with Gasteiger partial charge in [-0.15, -0.1) is 45.3 Å². The van der Waals surface area contributed by atoms with Gasteiger partial charge in [-0.2, -0.15) is 0 Å². The molecular weight excluding hydrogens is 497 g/mol. The molecule has 0 unspecified atom stereocenters. The quantitative estimate of drug-likeness (QED) is 0.234. The van der Waals surface area contributed by atoms with Crippen LogP contribution in [0.1, 0.15) is 0 Å². The zero-order chi connectivity index (χ0) is 22.2. The monoisotopic (exact) mass is 508 g/mol. The van der Waals surface area contributed by atoms with Gasteiger partial charge in [-0.3, -0.25) is 9.97 Å². The number of nitrogens with zero attached hydrogens (tertiary/aromatic N) is 4. The predicted octanol–water partition coefficient (Wildman–Crippen LogP) is 8.61. The minimum atomic E-state index is 0.985. The first-order valence-corrected chi connectivity index (χ1v) is 14.0. The van der Waals surface area contributed by atoms with E-state index in [0.29, 0.717) is 0 Å². The van der Waals surface area contributed by atoms with Gasteiger partial charge in [0, 0.05) is 76.6 Å². The first kappa shape index (κ1) is 19.1. The maximum Gasteiger partial charge on any atom is 0.142 e. The van der Waals surface area contributed by atoms with Crippen LogP contribution in [-0.2, 0) is 0 Å². The molecule has 0 saturated heterocycles. The van der Waals surface area contributed by atoms with Crippen molar-refractivity contribution < 1.29 is 0 Å². The van der Waals surface area contributed by atoms with Crippen molar-refractivity contribution in [2.75, 3.05) is 0 Å². The number of fused-ring (bicyclic) bond motifs is 7. The molecule has 0 atom stereocenters. The van der Waals surface area contributed by atoms with Crippen molar-refractivity contribution >= 4 is 97.0 Å². The summed E-state index contributed by atoms with van der Waals surface area (Å²) >= 11 is 6.99. The highest BCUT2D eigenvalue weighted by molar-refractivity contribution is 7.25. The molecule has 0 aliphatic heterocycles. The summed E-state index contributed by atoms with van der Waals surface area (Å²) in [6, 6.07) is 13.6. The second-order valence-electron chi connectivity index (χ2n) is 8.00. The van der Waals surface area contributed by atoms with Crippen LogP contribution < -0.4 is 0 Å². The summed E-state index contributed by atoms with van der Waals surface area (Å²) < 4.78 is 2.64. The van der Waals surface area contributed by atoms with Crippen molar-refractivity contribution in [3.05, 3.63) is 71.9 Å². The fourth-order valence-electron chi connectivity index (χ4n) is 4.55. The third-order valence-electron chi connectivity index (χ3n) is 6.11. The van der Waals surface area contributed by atoms with Crippen LogP contribution in [0.25, 0.3) is 72.5 Å². The Morgan fingerprint density at radius 3 is 1.50 bits per heavy atom. The average Bonchev–Trinajstić information content (AvgIpc) is 3.66. The summed E-state index contributed by atoms with van der Waals surface area (Å²) in [5.41, 5.74) is 4.32. The van der Waals surface area contributed by atoms with Crippen LogP contribution in [0.5, 0.6) is 0 Å². The second kappa shape index (κ2) is 7.10. The van der Waals surface area contributed by atoms with Gasteiger partial charge in [0.1, 0.15) is 20.7 Å². The minimum Gasteiger partial charge on any atom is -0.251 e. The summed E-state index contributed by atoms with van der Waals surface area (Å²) in [4.78, 5) is 22.5. The van der Waals surface area contributed by atoms with Crippen molar-refractivity contribution in [2.24, 2.45) is 0 Å². The molecule has 8 aromatic rings. The molecule has 0 bridgehead atoms. The number of aromatic nitrogens is 4. The first-order valence-electron chi connectivity index (χ1n) is 10.6. The van der Waals surface area contributed by atoms with Crippen LogP contribution in [0.15, 0.2) is 71.9 Å². The van der Waals surface area contributed by atoms with Gasteiger partial charge in [-0.1, -0.05) is 24.3 Å². The number of thiophene rings is 4. The van der Waals surface area contributed by atoms with Crippen molar-refractivity contribution in [1.82, 2.24) is 19.9 Å². The molecule has 0 spiro atoms. The molecule has 160 valence electrons. The summed E-state index contributed by atoms with van der Waals surface area (Å²) in [6.45, 7) is 0. The first-order chi connectivity index (χ1) is 16.8. The minimum absolute atomic E-state index is 0.985. The molecule has 8 heteroatoms. The Hall–Kier alpha value is -3.30. The van der Waals surface area contributed by atoms with Gasteiger partial charge in [-0.25, -0.2) is 9.97 Å². The predicted molar refractivity (Wildman–Crippen MR) is 148 cm³/mol. The van der Waals surface area contributed by atoms with Gasteiger partial charge >= 0.3 is 0 Å². The molecule has 0 amide bonds. The maximum atomic E-state index is 4.59. The zero-order valence-electron chi connectivity index (χ0n) is 17.4. The van der Waals surface area contributed by atoms with Crippen molar-refractivity contribution in [3.8, 4) is 20.9 Å². The van der Waals surface area contributed by atoms with Gasteiger partial charge in [0.2, 0.25) is 0 Å². The maximum absolute atomic E-state index is 4.59. The van der Waals surface area contributed by atoms with Gasteiger partial charge < -0.3 is 0 Å². The van der Waals surface area contributed by atoms with E-state index in [2.05, 4.69) is 67.1 Å². The summed E-state index contributed by atoms with van der Waals surface area (Å²) in [5.74, 6) is 0. The molecular formula is C26H12N4S4. The lowest BCUT2D eigenvalue weighted by Gasteiger charge is -2.01. The lowest BCUT2D eigenvalue weighted by Crippen LogP contribution is -1.77. The van der Waals surface area contributed by atoms with E-state index in [0.717, 1.165) is 20.7 Å². The Balaban J connectivity index is 1.34. The van der Waals surface area contributed by atoms with E-state index >= 15 is 0 Å². The lowest BCUT2D eigenvalue weighted by molar-refractivity contribution is 1.32. The summed E-state index contributed by atoms with van der Waals surface area (Å²) in [7, 11) is 0. The van der Waals surface area contributed by atoms with Crippen molar-refractivity contribution in [2.45, 2.75) is 0 Å². The van der Waals surface area contributed by atoms with E-state index in [1.165, 1.54) is 51.8 Å². The third kappa shape index (κ3) is 2.68. The number of hydrogen-bond acceptors (Lipinski definition) is 8. The molecule has 0 saturated carbocycles. The van der Waals surface area contributed by atoms with Crippen LogP contribution in [0.2, 0.25) is 0 Å². The fourth-order valence-corrected chi connectivity index (χ4v) is 8.83. The molecule has 2 aromatic carbocycles. The van der Waals surface area contributed by atoms with E-state index in [1.54, 1.807) is 47.5 Å². The molecule has 6 heterocycles. The molecule has 0 fully saturated rings. The fraction of sp³-hybridized carbons (Fsp3) is 0. The number of benzene rings is 2. The second-order valence-corrected chi connectivity index (χ2v) is 11.8. The van der Waals surface area contributed by atoms with Gasteiger partial charge in [-0.05, 0) is 22.9 Å². The Kier molecular flexibility index (Phi) is 3.98. The van der Waals surface area contributed by atoms with Crippen LogP contribution in [0.3, 0.4) is 0 Å². The normalized spacial score (nSPS) is 12.1. The standard InChI is InChI=1S/C26H12N4S4/c1-3-15-16(23-13(1)9-19(33-23)17-11-31-25-21(17)27-5-7-29-25)4-2-14-10-20(34-24(14)15)18-12-32-26-22(18)28-6-8-30-26/h1-12H. The SMILES string of the molecule is c1cnc2c(-c3cc4ccc5c(ccc6cc(-c7csc8nccnc78)sc65)c4s3)csc2n1. The zero-order valence-corrected chi connectivity index (χ0v) is 20.6. The average molecular weight is 509 g/mol. The lowest BCUT2D eigenvalue weighted by atomic mass is 10.1. The highest BCUT2D eigenvalue weighted by atomic mass is 32.1. The molecule has 6 aromatic heterocycles. The van der Waals surface area contributed by atoms with E-state index in [9.17, 15) is 0 Å². The molecule has 34 heavy (non-hydrogen) atoms. The van der Waals surface area contributed by atoms with Gasteiger partial charge in [0.15, 0.2) is 0 Å². The molecule has 0 N–H and O–H groups in total. The summed E-state index contributed by atoms with van der Waals surface area (Å²) in [6.07, 6.45) is 7.06. The molecule has 0 aliphatic carbocycles. The summed E-state index contributed by atoms with van der Waals surface area (Å²) in [5, 5.41) is 9.49. The van der Waals surface area contributed by atoms with E-state index < -0.39 is 0 Å². The Morgan fingerprint density at radius 1 is 0.529 bits per heavy atom. The largest absolute Gasteiger partial charge is 0.251 e. The molecule has 8 rings (SSSR count). The molecule has 0 radical (unpaired) electrons. The highest BCUT2D eigenvalue weighted by Gasteiger charge is 2.16. The van der Waals surface area contributed by atoms with E-state index in [-0.39, 0.29) is 0 Å². The Labute approximate surface area is 208 Å². The number of rotatable bonds is 2. The van der Waals surface area contributed by atoms with Gasteiger partial charge in [0.25, 0.3) is 0 Å².